The van der Waals surface area contributed by atoms with Crippen LogP contribution in [0.5, 0.6) is 5.88 Å². The minimum Gasteiger partial charge on any atom is -0.415 e. The van der Waals surface area contributed by atoms with Crippen LogP contribution in [-0.2, 0) is 34.7 Å². The molecule has 0 saturated heterocycles. The van der Waals surface area contributed by atoms with E-state index >= 15 is 0 Å². The van der Waals surface area contributed by atoms with Crippen molar-refractivity contribution in [1.29, 1.82) is 0 Å². The minimum absolute atomic E-state index is 0.0497. The van der Waals surface area contributed by atoms with Crippen LogP contribution in [0.3, 0.4) is 0 Å². The molecular formula is C22H26F2N6O4S2. The van der Waals surface area contributed by atoms with E-state index in [0.717, 1.165) is 30.6 Å². The number of anilines is 1. The number of nitrogens with one attached hydrogen (secondary N) is 2. The lowest BCUT2D eigenvalue weighted by molar-refractivity contribution is -0.117. The van der Waals surface area contributed by atoms with Crippen LogP contribution in [0.15, 0.2) is 20.9 Å². The second kappa shape index (κ2) is 10.0. The number of aromatic nitrogens is 2. The lowest BCUT2D eigenvalue weighted by Gasteiger charge is -2.19. The quantitative estimate of drug-likeness (QED) is 0.446. The smallest absolute Gasteiger partial charge is 0.388 e. The third-order valence-corrected chi connectivity index (χ3v) is 9.22. The molecule has 0 spiro atoms. The van der Waals surface area contributed by atoms with Crippen molar-refractivity contribution in [1.82, 2.24) is 14.5 Å². The Bertz CT molecular complexity index is 1320. The number of halogens is 2. The first-order valence-electron chi connectivity index (χ1n) is 11.8. The summed E-state index contributed by atoms with van der Waals surface area (Å²) in [5, 5.41) is 7.03. The van der Waals surface area contributed by atoms with E-state index in [2.05, 4.69) is 35.9 Å². The number of ether oxygens (including phenoxy) is 1. The van der Waals surface area contributed by atoms with Crippen LogP contribution in [0.2, 0.25) is 0 Å². The first kappa shape index (κ1) is 25.0. The minimum atomic E-state index is -3.82. The summed E-state index contributed by atoms with van der Waals surface area (Å²) >= 11 is 1.32. The first-order chi connectivity index (χ1) is 17.2. The van der Waals surface area contributed by atoms with Crippen molar-refractivity contribution >= 4 is 44.1 Å². The number of rotatable bonds is 10. The Morgan fingerprint density at radius 2 is 2.11 bits per heavy atom. The molecular weight excluding hydrogens is 514 g/mol. The Morgan fingerprint density at radius 3 is 2.81 bits per heavy atom. The maximum Gasteiger partial charge on any atom is 0.388 e. The van der Waals surface area contributed by atoms with Crippen LogP contribution in [0.4, 0.5) is 19.6 Å². The standard InChI is InChI=1S/C22H26F2N6O4S2/c1-30-17(9-18(29-30)34-22(23)24)26-11-25-14-6-7-16-15(8-14)19(36(32,33)27-10-12-2-3-12)21(35-16)28-20(31)13-4-5-13/h9,12-14,22,27H,2-8,10H2,1H3,(H,28,31). The summed E-state index contributed by atoms with van der Waals surface area (Å²) in [6.45, 7) is -2.60. The maximum absolute atomic E-state index is 13.3. The van der Waals surface area contributed by atoms with Crippen molar-refractivity contribution in [2.45, 2.75) is 62.5 Å². The highest BCUT2D eigenvalue weighted by Gasteiger charge is 2.36. The molecule has 2 fully saturated rings. The molecule has 2 aromatic heterocycles. The van der Waals surface area contributed by atoms with E-state index < -0.39 is 16.6 Å². The second-order valence-corrected chi connectivity index (χ2v) is 12.1. The fourth-order valence-electron chi connectivity index (χ4n) is 4.04. The number of aryl methyl sites for hydroxylation is 2. The molecule has 0 radical (unpaired) electrons. The van der Waals surface area contributed by atoms with E-state index in [1.54, 1.807) is 0 Å². The number of alkyl halides is 2. The number of nitrogens with zero attached hydrogens (tertiary/aromatic N) is 4. The van der Waals surface area contributed by atoms with Gasteiger partial charge in [0.05, 0.1) is 12.1 Å². The van der Waals surface area contributed by atoms with Gasteiger partial charge >= 0.3 is 6.61 Å². The van der Waals surface area contributed by atoms with Gasteiger partial charge in [0.15, 0.2) is 5.82 Å². The van der Waals surface area contributed by atoms with E-state index in [-0.39, 0.29) is 34.5 Å². The molecule has 0 aromatic carbocycles. The Kier molecular flexibility index (Phi) is 6.95. The number of thiophene rings is 1. The van der Waals surface area contributed by atoms with Gasteiger partial charge in [0, 0.05) is 30.5 Å². The average Bonchev–Trinajstić information content (AvgIpc) is 3.73. The summed E-state index contributed by atoms with van der Waals surface area (Å²) in [4.78, 5) is 21.9. The maximum atomic E-state index is 13.3. The van der Waals surface area contributed by atoms with Gasteiger partial charge in [-0.2, -0.15) is 13.8 Å². The zero-order valence-electron chi connectivity index (χ0n) is 19.5. The van der Waals surface area contributed by atoms with Crippen molar-refractivity contribution in [3.05, 3.63) is 16.5 Å². The van der Waals surface area contributed by atoms with Crippen LogP contribution < -0.4 is 14.8 Å². The van der Waals surface area contributed by atoms with Crippen molar-refractivity contribution in [2.24, 2.45) is 28.9 Å². The van der Waals surface area contributed by atoms with Crippen LogP contribution in [0.25, 0.3) is 0 Å². The fourth-order valence-corrected chi connectivity index (χ4v) is 7.13. The Hall–Kier alpha value is -2.67. The van der Waals surface area contributed by atoms with Crippen LogP contribution in [0.1, 0.15) is 42.5 Å². The van der Waals surface area contributed by atoms with Crippen molar-refractivity contribution in [3.63, 3.8) is 0 Å². The van der Waals surface area contributed by atoms with Gasteiger partial charge in [-0.25, -0.2) is 22.8 Å². The van der Waals surface area contributed by atoms with E-state index in [9.17, 15) is 22.0 Å². The third-order valence-electron chi connectivity index (χ3n) is 6.35. The van der Waals surface area contributed by atoms with Gasteiger partial charge < -0.3 is 10.1 Å². The topological polar surface area (TPSA) is 127 Å². The highest BCUT2D eigenvalue weighted by molar-refractivity contribution is 7.90. The van der Waals surface area contributed by atoms with Gasteiger partial charge in [0.25, 0.3) is 0 Å². The number of carbonyl (C=O) groups excluding carboxylic acids is 1. The molecule has 10 nitrogen and oxygen atoms in total. The number of fused-ring (bicyclic) bond motifs is 1. The molecule has 0 bridgehead atoms. The zero-order chi connectivity index (χ0) is 25.4. The number of carbonyl (C=O) groups is 1. The molecule has 2 aromatic rings. The van der Waals surface area contributed by atoms with Crippen LogP contribution in [0, 0.1) is 11.8 Å². The Labute approximate surface area is 210 Å². The van der Waals surface area contributed by atoms with Gasteiger partial charge in [-0.05, 0) is 56.4 Å². The molecule has 0 aliphatic heterocycles. The predicted octanol–water partition coefficient (Wildman–Crippen LogP) is 3.48. The number of hydrogen-bond donors (Lipinski definition) is 2. The van der Waals surface area contributed by atoms with Gasteiger partial charge in [-0.1, -0.05) is 0 Å². The Morgan fingerprint density at radius 1 is 1.33 bits per heavy atom. The number of amides is 1. The molecule has 1 amide bonds. The van der Waals surface area contributed by atoms with E-state index in [1.807, 2.05) is 0 Å². The van der Waals surface area contributed by atoms with E-state index in [0.29, 0.717) is 42.3 Å². The summed E-state index contributed by atoms with van der Waals surface area (Å²) in [7, 11) is -2.29. The van der Waals surface area contributed by atoms with Gasteiger partial charge in [-0.15, -0.1) is 16.4 Å². The van der Waals surface area contributed by atoms with Crippen LogP contribution >= 0.6 is 11.3 Å². The fraction of sp³-hybridized carbons (Fsp3) is 0.591. The lowest BCUT2D eigenvalue weighted by Crippen LogP contribution is -2.28. The monoisotopic (exact) mass is 540 g/mol. The van der Waals surface area contributed by atoms with E-state index in [1.165, 1.54) is 29.1 Å². The van der Waals surface area contributed by atoms with Gasteiger partial charge in [0.2, 0.25) is 21.8 Å². The summed E-state index contributed by atoms with van der Waals surface area (Å²) in [6.07, 6.45) is 5.29. The summed E-state index contributed by atoms with van der Waals surface area (Å²) in [6, 6.07) is 3.57. The number of hydrogen-bond acceptors (Lipinski definition) is 8. The summed E-state index contributed by atoms with van der Waals surface area (Å²) < 4.78 is 59.7. The average molecular weight is 541 g/mol. The molecule has 1 unspecified atom stereocenters. The van der Waals surface area contributed by atoms with Crippen molar-refractivity contribution in [3.8, 4) is 5.88 Å². The highest BCUT2D eigenvalue weighted by atomic mass is 32.2. The SMILES string of the molecule is Cn1nc(OC(F)F)cc1N=C=NC1CCc2sc(NC(=O)C3CC3)c(S(=O)(=O)NCC3CC3)c2C1. The summed E-state index contributed by atoms with van der Waals surface area (Å²) in [5.74, 6) is 0.152. The van der Waals surface area contributed by atoms with E-state index in [4.69, 9.17) is 0 Å². The van der Waals surface area contributed by atoms with Crippen molar-refractivity contribution < 1.29 is 26.7 Å². The molecule has 2 saturated carbocycles. The summed E-state index contributed by atoms with van der Waals surface area (Å²) in [5.41, 5.74) is 0.671. The third kappa shape index (κ3) is 5.83. The molecule has 2 heterocycles. The number of sulfonamides is 1. The largest absolute Gasteiger partial charge is 0.415 e. The normalized spacial score (nSPS) is 19.5. The number of aliphatic imine (C=N–C) groups is 2. The van der Waals surface area contributed by atoms with Crippen LogP contribution in [-0.4, -0.2) is 49.3 Å². The molecule has 1 atom stereocenters. The second-order valence-electron chi connectivity index (χ2n) is 9.30. The van der Waals surface area contributed by atoms with Gasteiger partial charge in [-0.3, -0.25) is 4.79 Å². The first-order valence-corrected chi connectivity index (χ1v) is 14.1. The molecule has 2 N–H and O–H groups in total. The molecule has 3 aliphatic carbocycles. The Balaban J connectivity index is 1.37. The lowest BCUT2D eigenvalue weighted by atomic mass is 9.95. The van der Waals surface area contributed by atoms with Crippen molar-refractivity contribution in [2.75, 3.05) is 11.9 Å². The van der Waals surface area contributed by atoms with Gasteiger partial charge in [0.1, 0.15) is 9.90 Å². The highest BCUT2D eigenvalue weighted by Crippen LogP contribution is 2.43. The molecule has 3 aliphatic rings. The zero-order valence-corrected chi connectivity index (χ0v) is 21.2. The molecule has 194 valence electrons. The molecule has 14 heteroatoms. The molecule has 36 heavy (non-hydrogen) atoms. The molecule has 5 rings (SSSR count). The predicted molar refractivity (Wildman–Crippen MR) is 129 cm³/mol.